The molecule has 0 atom stereocenters. The van der Waals surface area contributed by atoms with Crippen LogP contribution < -0.4 is 10.6 Å². The lowest BCUT2D eigenvalue weighted by molar-refractivity contribution is -0.121. The molecular weight excluding hydrogens is 180 g/mol. The fourth-order valence-electron chi connectivity index (χ4n) is 1.04. The molecule has 5 heteroatoms. The molecular formula is C9H16N4O. The van der Waals surface area contributed by atoms with Gasteiger partial charge >= 0.3 is 0 Å². The van der Waals surface area contributed by atoms with Gasteiger partial charge in [0.25, 0.3) is 0 Å². The van der Waals surface area contributed by atoms with E-state index < -0.39 is 0 Å². The van der Waals surface area contributed by atoms with Crippen LogP contribution >= 0.6 is 0 Å². The summed E-state index contributed by atoms with van der Waals surface area (Å²) in [7, 11) is 1.61. The van der Waals surface area contributed by atoms with Crippen molar-refractivity contribution in [3.8, 4) is 0 Å². The van der Waals surface area contributed by atoms with Crippen molar-refractivity contribution in [1.82, 2.24) is 15.1 Å². The van der Waals surface area contributed by atoms with Crippen LogP contribution in [-0.4, -0.2) is 29.3 Å². The summed E-state index contributed by atoms with van der Waals surface area (Å²) in [5.41, 5.74) is 0.954. The zero-order valence-electron chi connectivity index (χ0n) is 8.58. The zero-order valence-corrected chi connectivity index (χ0v) is 8.58. The molecule has 0 unspecified atom stereocenters. The predicted molar refractivity (Wildman–Crippen MR) is 55.1 cm³/mol. The van der Waals surface area contributed by atoms with Crippen LogP contribution in [0.1, 0.15) is 13.3 Å². The van der Waals surface area contributed by atoms with Crippen LogP contribution in [0.5, 0.6) is 0 Å². The zero-order chi connectivity index (χ0) is 10.4. The summed E-state index contributed by atoms with van der Waals surface area (Å²) in [6.45, 7) is 3.29. The number of aromatic nitrogens is 2. The van der Waals surface area contributed by atoms with Gasteiger partial charge in [-0.15, -0.1) is 0 Å². The van der Waals surface area contributed by atoms with Gasteiger partial charge in [-0.2, -0.15) is 5.10 Å². The number of amides is 1. The van der Waals surface area contributed by atoms with Gasteiger partial charge in [0.15, 0.2) is 0 Å². The number of carbonyl (C=O) groups excluding carboxylic acids is 1. The molecule has 0 bridgehead atoms. The Balaban J connectivity index is 2.46. The monoisotopic (exact) mass is 196 g/mol. The van der Waals surface area contributed by atoms with Crippen molar-refractivity contribution in [3.63, 3.8) is 0 Å². The van der Waals surface area contributed by atoms with Crippen LogP contribution in [0.25, 0.3) is 0 Å². The molecule has 1 rings (SSSR count). The number of carbonyl (C=O) groups is 1. The summed E-state index contributed by atoms with van der Waals surface area (Å²) >= 11 is 0. The molecule has 1 aromatic rings. The van der Waals surface area contributed by atoms with E-state index in [2.05, 4.69) is 22.7 Å². The summed E-state index contributed by atoms with van der Waals surface area (Å²) in [4.78, 5) is 11.0. The predicted octanol–water partition coefficient (Wildman–Crippen LogP) is 0.451. The average molecular weight is 196 g/mol. The number of hydrogen-bond acceptors (Lipinski definition) is 3. The van der Waals surface area contributed by atoms with Crippen molar-refractivity contribution in [2.24, 2.45) is 0 Å². The number of nitrogens with one attached hydrogen (secondary N) is 2. The van der Waals surface area contributed by atoms with E-state index in [-0.39, 0.29) is 12.5 Å². The Kier molecular flexibility index (Phi) is 3.97. The maximum atomic E-state index is 11.0. The van der Waals surface area contributed by atoms with Gasteiger partial charge in [0, 0.05) is 19.8 Å². The Morgan fingerprint density at radius 1 is 1.64 bits per heavy atom. The van der Waals surface area contributed by atoms with E-state index >= 15 is 0 Å². The molecule has 1 aromatic heterocycles. The highest BCUT2D eigenvalue weighted by atomic mass is 16.1. The quantitative estimate of drug-likeness (QED) is 0.719. The molecule has 0 aliphatic rings. The first-order valence-electron chi connectivity index (χ1n) is 4.73. The number of hydrogen-bond donors (Lipinski definition) is 2. The van der Waals surface area contributed by atoms with E-state index in [4.69, 9.17) is 0 Å². The van der Waals surface area contributed by atoms with E-state index in [1.807, 2.05) is 6.20 Å². The molecule has 0 radical (unpaired) electrons. The minimum atomic E-state index is -0.0462. The molecule has 78 valence electrons. The second-order valence-electron chi connectivity index (χ2n) is 3.03. The highest BCUT2D eigenvalue weighted by molar-refractivity contribution is 5.75. The second-order valence-corrected chi connectivity index (χ2v) is 3.03. The molecule has 0 aromatic carbocycles. The summed E-state index contributed by atoms with van der Waals surface area (Å²) in [5.74, 6) is -0.0462. The van der Waals surface area contributed by atoms with Crippen molar-refractivity contribution in [1.29, 1.82) is 0 Å². The molecule has 14 heavy (non-hydrogen) atoms. The smallest absolute Gasteiger partial charge is 0.241 e. The molecule has 2 N–H and O–H groups in total. The maximum absolute atomic E-state index is 11.0. The Bertz CT molecular complexity index is 295. The summed E-state index contributed by atoms with van der Waals surface area (Å²) < 4.78 is 1.61. The van der Waals surface area contributed by atoms with Crippen LogP contribution in [0.2, 0.25) is 0 Å². The first-order valence-corrected chi connectivity index (χ1v) is 4.73. The summed E-state index contributed by atoms with van der Waals surface area (Å²) in [6, 6.07) is 0. The third kappa shape index (κ3) is 3.08. The number of rotatable bonds is 5. The fraction of sp³-hybridized carbons (Fsp3) is 0.556. The molecule has 0 fully saturated rings. The first-order chi connectivity index (χ1) is 6.76. The van der Waals surface area contributed by atoms with Gasteiger partial charge in [-0.25, -0.2) is 0 Å². The molecule has 0 spiro atoms. The largest absolute Gasteiger partial charge is 0.383 e. The normalized spacial score (nSPS) is 9.86. The van der Waals surface area contributed by atoms with Crippen LogP contribution in [0.15, 0.2) is 12.4 Å². The average Bonchev–Trinajstić information content (AvgIpc) is 2.62. The highest BCUT2D eigenvalue weighted by Crippen LogP contribution is 2.03. The maximum Gasteiger partial charge on any atom is 0.241 e. The lowest BCUT2D eigenvalue weighted by Crippen LogP contribution is -2.23. The third-order valence-corrected chi connectivity index (χ3v) is 1.80. The van der Waals surface area contributed by atoms with Crippen molar-refractivity contribution < 1.29 is 4.79 Å². The molecule has 0 aliphatic heterocycles. The Labute approximate surface area is 83.5 Å². The third-order valence-electron chi connectivity index (χ3n) is 1.80. The lowest BCUT2D eigenvalue weighted by Gasteiger charge is -2.00. The van der Waals surface area contributed by atoms with Gasteiger partial charge in [0.05, 0.1) is 11.9 Å². The van der Waals surface area contributed by atoms with Crippen LogP contribution in [0.4, 0.5) is 5.69 Å². The minimum Gasteiger partial charge on any atom is -0.383 e. The van der Waals surface area contributed by atoms with Gasteiger partial charge in [-0.05, 0) is 6.42 Å². The van der Waals surface area contributed by atoms with Crippen LogP contribution in [0.3, 0.4) is 0 Å². The van der Waals surface area contributed by atoms with Gasteiger partial charge < -0.3 is 10.6 Å². The Morgan fingerprint density at radius 3 is 3.07 bits per heavy atom. The van der Waals surface area contributed by atoms with Crippen LogP contribution in [-0.2, 0) is 11.3 Å². The Hall–Kier alpha value is -1.52. The van der Waals surface area contributed by atoms with E-state index in [0.29, 0.717) is 0 Å². The van der Waals surface area contributed by atoms with E-state index in [9.17, 15) is 4.79 Å². The molecule has 1 amide bonds. The number of anilines is 1. The van der Waals surface area contributed by atoms with Gasteiger partial charge in [-0.3, -0.25) is 9.48 Å². The molecule has 0 aliphatic carbocycles. The number of nitrogens with zero attached hydrogens (tertiary/aromatic N) is 2. The molecule has 1 heterocycles. The van der Waals surface area contributed by atoms with Crippen molar-refractivity contribution in [2.45, 2.75) is 19.9 Å². The van der Waals surface area contributed by atoms with Crippen molar-refractivity contribution in [3.05, 3.63) is 12.4 Å². The SMILES string of the molecule is CCCNc1cnn(CC(=O)NC)c1. The minimum absolute atomic E-state index is 0.0462. The molecule has 0 saturated heterocycles. The summed E-state index contributed by atoms with van der Waals surface area (Å²) in [5, 5.41) is 9.79. The molecule has 5 nitrogen and oxygen atoms in total. The van der Waals surface area contributed by atoms with Crippen molar-refractivity contribution in [2.75, 3.05) is 18.9 Å². The highest BCUT2D eigenvalue weighted by Gasteiger charge is 2.01. The summed E-state index contributed by atoms with van der Waals surface area (Å²) in [6.07, 6.45) is 4.62. The fourth-order valence-corrected chi connectivity index (χ4v) is 1.04. The first kappa shape index (κ1) is 10.6. The standard InChI is InChI=1S/C9H16N4O/c1-3-4-11-8-5-12-13(6-8)7-9(14)10-2/h5-6,11H,3-4,7H2,1-2H3,(H,10,14). The van der Waals surface area contributed by atoms with Crippen molar-refractivity contribution >= 4 is 11.6 Å². The van der Waals surface area contributed by atoms with E-state index in [1.54, 1.807) is 17.9 Å². The van der Waals surface area contributed by atoms with E-state index in [0.717, 1.165) is 18.7 Å². The second kappa shape index (κ2) is 5.26. The van der Waals surface area contributed by atoms with Gasteiger partial charge in [-0.1, -0.05) is 6.92 Å². The van der Waals surface area contributed by atoms with Gasteiger partial charge in [0.1, 0.15) is 6.54 Å². The van der Waals surface area contributed by atoms with E-state index in [1.165, 1.54) is 0 Å². The number of likely N-dealkylation sites (N-methyl/N-ethyl adjacent to an activating group) is 1. The molecule has 0 saturated carbocycles. The Morgan fingerprint density at radius 2 is 2.43 bits per heavy atom. The topological polar surface area (TPSA) is 59.0 Å². The lowest BCUT2D eigenvalue weighted by atomic mass is 10.4. The van der Waals surface area contributed by atoms with Gasteiger partial charge in [0.2, 0.25) is 5.91 Å². The van der Waals surface area contributed by atoms with Crippen LogP contribution in [0, 0.1) is 0 Å².